The highest BCUT2D eigenvalue weighted by atomic mass is 16.5. The van der Waals surface area contributed by atoms with E-state index in [1.807, 2.05) is 6.07 Å². The maximum absolute atomic E-state index is 5.29. The van der Waals surface area contributed by atoms with Crippen LogP contribution in [0.3, 0.4) is 0 Å². The van der Waals surface area contributed by atoms with Crippen LogP contribution in [0, 0.1) is 0 Å². The molecular formula is C21H19N5O. The number of ether oxygens (including phenoxy) is 1. The van der Waals surface area contributed by atoms with Crippen molar-refractivity contribution >= 4 is 11.6 Å². The molecule has 5 rings (SSSR count). The second-order valence-corrected chi connectivity index (χ2v) is 6.70. The van der Waals surface area contributed by atoms with Gasteiger partial charge in [0.2, 0.25) is 0 Å². The van der Waals surface area contributed by atoms with Gasteiger partial charge in [-0.3, -0.25) is 0 Å². The molecule has 0 saturated heterocycles. The van der Waals surface area contributed by atoms with Crippen LogP contribution in [0.25, 0.3) is 16.9 Å². The zero-order chi connectivity index (χ0) is 18.4. The molecule has 6 heteroatoms. The molecule has 2 heterocycles. The SMILES string of the molecule is COCc1cc(N(C)C2c3ccccc3-c3ccccc32)n2ncnc2n1. The van der Waals surface area contributed by atoms with Gasteiger partial charge in [0.1, 0.15) is 12.1 Å². The number of rotatable bonds is 4. The van der Waals surface area contributed by atoms with Gasteiger partial charge in [0.15, 0.2) is 0 Å². The van der Waals surface area contributed by atoms with E-state index in [-0.39, 0.29) is 6.04 Å². The Morgan fingerprint density at radius 2 is 1.70 bits per heavy atom. The van der Waals surface area contributed by atoms with E-state index >= 15 is 0 Å². The van der Waals surface area contributed by atoms with E-state index in [2.05, 4.69) is 75.5 Å². The third-order valence-electron chi connectivity index (χ3n) is 5.13. The topological polar surface area (TPSA) is 55.6 Å². The molecule has 134 valence electrons. The van der Waals surface area contributed by atoms with Crippen LogP contribution >= 0.6 is 0 Å². The Morgan fingerprint density at radius 1 is 1.04 bits per heavy atom. The summed E-state index contributed by atoms with van der Waals surface area (Å²) in [4.78, 5) is 11.0. The number of aromatic nitrogens is 4. The maximum Gasteiger partial charge on any atom is 0.254 e. The molecule has 0 aliphatic heterocycles. The van der Waals surface area contributed by atoms with Crippen molar-refractivity contribution in [1.29, 1.82) is 0 Å². The molecule has 2 aromatic heterocycles. The van der Waals surface area contributed by atoms with E-state index in [1.54, 1.807) is 11.6 Å². The average Bonchev–Trinajstić information content (AvgIpc) is 3.29. The summed E-state index contributed by atoms with van der Waals surface area (Å²) in [6.45, 7) is 0.433. The standard InChI is InChI=1S/C21H19N5O/c1-25(19-11-14(12-27-2)24-21-22-13-23-26(19)21)20-17-9-5-3-7-15(17)16-8-4-6-10-18(16)20/h3-11,13,20H,12H2,1-2H3. The van der Waals surface area contributed by atoms with Crippen molar-refractivity contribution in [3.05, 3.63) is 77.7 Å². The van der Waals surface area contributed by atoms with E-state index in [9.17, 15) is 0 Å². The van der Waals surface area contributed by atoms with Crippen LogP contribution in [0.2, 0.25) is 0 Å². The lowest BCUT2D eigenvalue weighted by Crippen LogP contribution is -2.26. The molecular weight excluding hydrogens is 338 g/mol. The molecule has 0 N–H and O–H groups in total. The smallest absolute Gasteiger partial charge is 0.254 e. The third kappa shape index (κ3) is 2.41. The first kappa shape index (κ1) is 16.0. The highest BCUT2D eigenvalue weighted by Crippen LogP contribution is 2.46. The molecule has 4 aromatic rings. The molecule has 6 nitrogen and oxygen atoms in total. The van der Waals surface area contributed by atoms with E-state index in [0.29, 0.717) is 12.4 Å². The monoisotopic (exact) mass is 357 g/mol. The van der Waals surface area contributed by atoms with Crippen molar-refractivity contribution in [1.82, 2.24) is 19.6 Å². The van der Waals surface area contributed by atoms with Crippen LogP contribution in [0.15, 0.2) is 60.9 Å². The lowest BCUT2D eigenvalue weighted by atomic mass is 10.0. The third-order valence-corrected chi connectivity index (χ3v) is 5.13. The van der Waals surface area contributed by atoms with Crippen molar-refractivity contribution < 1.29 is 4.74 Å². The molecule has 0 unspecified atom stereocenters. The summed E-state index contributed by atoms with van der Waals surface area (Å²) in [5.41, 5.74) is 5.98. The number of nitrogens with zero attached hydrogens (tertiary/aromatic N) is 5. The van der Waals surface area contributed by atoms with Crippen LogP contribution in [0.5, 0.6) is 0 Å². The predicted octanol–water partition coefficient (Wildman–Crippen LogP) is 3.48. The summed E-state index contributed by atoms with van der Waals surface area (Å²) in [7, 11) is 3.76. The second-order valence-electron chi connectivity index (χ2n) is 6.70. The van der Waals surface area contributed by atoms with Gasteiger partial charge in [0.25, 0.3) is 5.78 Å². The van der Waals surface area contributed by atoms with Gasteiger partial charge in [-0.25, -0.2) is 4.98 Å². The van der Waals surface area contributed by atoms with E-state index < -0.39 is 0 Å². The van der Waals surface area contributed by atoms with Crippen LogP contribution in [-0.2, 0) is 11.3 Å². The molecule has 1 aliphatic rings. The van der Waals surface area contributed by atoms with Gasteiger partial charge in [-0.15, -0.1) is 0 Å². The number of fused-ring (bicyclic) bond motifs is 4. The first-order chi connectivity index (χ1) is 13.3. The van der Waals surface area contributed by atoms with E-state index in [4.69, 9.17) is 4.74 Å². The summed E-state index contributed by atoms with van der Waals surface area (Å²) >= 11 is 0. The van der Waals surface area contributed by atoms with Gasteiger partial charge in [0, 0.05) is 20.2 Å². The van der Waals surface area contributed by atoms with Crippen molar-refractivity contribution in [2.45, 2.75) is 12.6 Å². The minimum Gasteiger partial charge on any atom is -0.378 e. The van der Waals surface area contributed by atoms with E-state index in [1.165, 1.54) is 28.6 Å². The van der Waals surface area contributed by atoms with Crippen LogP contribution in [0.4, 0.5) is 5.82 Å². The summed E-state index contributed by atoms with van der Waals surface area (Å²) in [6.07, 6.45) is 1.53. The highest BCUT2D eigenvalue weighted by Gasteiger charge is 2.32. The highest BCUT2D eigenvalue weighted by molar-refractivity contribution is 5.80. The van der Waals surface area contributed by atoms with Crippen LogP contribution in [-0.4, -0.2) is 33.7 Å². The van der Waals surface area contributed by atoms with Gasteiger partial charge in [-0.1, -0.05) is 48.5 Å². The van der Waals surface area contributed by atoms with Crippen molar-refractivity contribution in [2.24, 2.45) is 0 Å². The first-order valence-corrected chi connectivity index (χ1v) is 8.87. The van der Waals surface area contributed by atoms with Gasteiger partial charge in [0.05, 0.1) is 18.3 Å². The number of methoxy groups -OCH3 is 1. The summed E-state index contributed by atoms with van der Waals surface area (Å²) in [5, 5.41) is 4.38. The van der Waals surface area contributed by atoms with Crippen LogP contribution < -0.4 is 4.90 Å². The largest absolute Gasteiger partial charge is 0.378 e. The fourth-order valence-electron chi connectivity index (χ4n) is 4.00. The molecule has 0 radical (unpaired) electrons. The average molecular weight is 357 g/mol. The summed E-state index contributed by atoms with van der Waals surface area (Å²) < 4.78 is 7.07. The van der Waals surface area contributed by atoms with Crippen molar-refractivity contribution in [2.75, 3.05) is 19.1 Å². The molecule has 1 aliphatic carbocycles. The number of anilines is 1. The maximum atomic E-state index is 5.29. The predicted molar refractivity (Wildman–Crippen MR) is 104 cm³/mol. The van der Waals surface area contributed by atoms with Gasteiger partial charge in [-0.05, 0) is 22.3 Å². The minimum absolute atomic E-state index is 0.0996. The lowest BCUT2D eigenvalue weighted by molar-refractivity contribution is 0.181. The molecule has 0 amide bonds. The molecule has 2 aromatic carbocycles. The molecule has 27 heavy (non-hydrogen) atoms. The van der Waals surface area contributed by atoms with E-state index in [0.717, 1.165) is 11.5 Å². The fourth-order valence-corrected chi connectivity index (χ4v) is 4.00. The molecule has 0 atom stereocenters. The zero-order valence-electron chi connectivity index (χ0n) is 15.2. The normalized spacial score (nSPS) is 13.0. The van der Waals surface area contributed by atoms with Gasteiger partial charge < -0.3 is 9.64 Å². The second kappa shape index (κ2) is 6.17. The number of benzene rings is 2. The summed E-state index contributed by atoms with van der Waals surface area (Å²) in [6, 6.07) is 19.3. The lowest BCUT2D eigenvalue weighted by Gasteiger charge is -2.28. The molecule has 0 spiro atoms. The molecule has 0 bridgehead atoms. The van der Waals surface area contributed by atoms with Crippen molar-refractivity contribution in [3.63, 3.8) is 0 Å². The first-order valence-electron chi connectivity index (χ1n) is 8.87. The Bertz CT molecular complexity index is 1090. The number of hydrogen-bond donors (Lipinski definition) is 0. The Labute approximate surface area is 157 Å². The van der Waals surface area contributed by atoms with Crippen molar-refractivity contribution in [3.8, 4) is 11.1 Å². The zero-order valence-corrected chi connectivity index (χ0v) is 15.2. The Hall–Kier alpha value is -3.25. The van der Waals surface area contributed by atoms with Gasteiger partial charge >= 0.3 is 0 Å². The molecule has 0 saturated carbocycles. The summed E-state index contributed by atoms with van der Waals surface area (Å²) in [5.74, 6) is 1.51. The Balaban J connectivity index is 1.70. The Kier molecular flexibility index (Phi) is 3.65. The molecule has 0 fully saturated rings. The fraction of sp³-hybridized carbons (Fsp3) is 0.190. The number of hydrogen-bond acceptors (Lipinski definition) is 5. The minimum atomic E-state index is 0.0996. The Morgan fingerprint density at radius 3 is 2.37 bits per heavy atom. The van der Waals surface area contributed by atoms with Gasteiger partial charge in [-0.2, -0.15) is 14.6 Å². The quantitative estimate of drug-likeness (QED) is 0.560. The van der Waals surface area contributed by atoms with Crippen LogP contribution in [0.1, 0.15) is 22.9 Å².